The van der Waals surface area contributed by atoms with Gasteiger partial charge in [0.05, 0.1) is 12.6 Å². The highest BCUT2D eigenvalue weighted by Crippen LogP contribution is 2.22. The van der Waals surface area contributed by atoms with Crippen molar-refractivity contribution in [2.75, 3.05) is 6.67 Å². The molecule has 2 atom stereocenters. The molecule has 36 heavy (non-hydrogen) atoms. The minimum Gasteiger partial charge on any atom is -0.460 e. The lowest BCUT2D eigenvalue weighted by Gasteiger charge is -2.29. The van der Waals surface area contributed by atoms with Gasteiger partial charge in [-0.2, -0.15) is 0 Å². The number of rotatable bonds is 10. The molecule has 0 saturated heterocycles. The Bertz CT molecular complexity index is 862. The van der Waals surface area contributed by atoms with Gasteiger partial charge in [0.15, 0.2) is 0 Å². The van der Waals surface area contributed by atoms with Crippen LogP contribution in [-0.4, -0.2) is 47.6 Å². The van der Waals surface area contributed by atoms with Crippen molar-refractivity contribution in [3.8, 4) is 0 Å². The van der Waals surface area contributed by atoms with Gasteiger partial charge in [0.1, 0.15) is 22.8 Å². The molecule has 1 unspecified atom stereocenters. The van der Waals surface area contributed by atoms with Crippen molar-refractivity contribution in [2.24, 2.45) is 5.92 Å². The van der Waals surface area contributed by atoms with Crippen molar-refractivity contribution < 1.29 is 33.0 Å². The first kappa shape index (κ1) is 31.4. The average molecular weight is 510 g/mol. The molecule has 8 heteroatoms. The van der Waals surface area contributed by atoms with Crippen LogP contribution in [0, 0.1) is 5.92 Å². The minimum absolute atomic E-state index is 0.0350. The number of halogens is 1. The zero-order valence-corrected chi connectivity index (χ0v) is 23.3. The molecule has 0 spiro atoms. The SMILES string of the molecule is CC(C)(C)OC(=O)N[C@H](CC(Cc1ccc(CCCF)cc1)C(=O)OC(C)(C)C)C(=O)OC(C)(C)C. The molecule has 204 valence electrons. The number of aryl methyl sites for hydroxylation is 1. The summed E-state index contributed by atoms with van der Waals surface area (Å²) in [6.45, 7) is 15.3. The van der Waals surface area contributed by atoms with Crippen molar-refractivity contribution in [3.05, 3.63) is 35.4 Å². The fourth-order valence-corrected chi connectivity index (χ4v) is 3.37. The fraction of sp³-hybridized carbons (Fsp3) is 0.679. The van der Waals surface area contributed by atoms with E-state index < -0.39 is 46.8 Å². The Morgan fingerprint density at radius 3 is 1.72 bits per heavy atom. The van der Waals surface area contributed by atoms with Crippen LogP contribution in [0.3, 0.4) is 0 Å². The van der Waals surface area contributed by atoms with E-state index >= 15 is 0 Å². The van der Waals surface area contributed by atoms with E-state index in [-0.39, 0.29) is 19.5 Å². The largest absolute Gasteiger partial charge is 0.460 e. The number of benzene rings is 1. The number of carbonyl (C=O) groups excluding carboxylic acids is 3. The van der Waals surface area contributed by atoms with Crippen molar-refractivity contribution in [2.45, 2.75) is 111 Å². The molecule has 0 aliphatic rings. The first-order valence-electron chi connectivity index (χ1n) is 12.5. The highest BCUT2D eigenvalue weighted by Gasteiger charge is 2.35. The fourth-order valence-electron chi connectivity index (χ4n) is 3.37. The van der Waals surface area contributed by atoms with Gasteiger partial charge in [-0.15, -0.1) is 0 Å². The number of hydrogen-bond acceptors (Lipinski definition) is 6. The monoisotopic (exact) mass is 509 g/mol. The number of esters is 2. The summed E-state index contributed by atoms with van der Waals surface area (Å²) in [6.07, 6.45) is 0.555. The van der Waals surface area contributed by atoms with E-state index in [1.54, 1.807) is 62.3 Å². The van der Waals surface area contributed by atoms with E-state index in [0.717, 1.165) is 11.1 Å². The third-order valence-electron chi connectivity index (χ3n) is 4.75. The summed E-state index contributed by atoms with van der Waals surface area (Å²) < 4.78 is 29.0. The van der Waals surface area contributed by atoms with Crippen LogP contribution in [0.5, 0.6) is 0 Å². The Hall–Kier alpha value is -2.64. The number of hydrogen-bond donors (Lipinski definition) is 1. The van der Waals surface area contributed by atoms with E-state index in [1.165, 1.54) is 0 Å². The lowest BCUT2D eigenvalue weighted by molar-refractivity contribution is -0.162. The summed E-state index contributed by atoms with van der Waals surface area (Å²) in [5.74, 6) is -1.89. The summed E-state index contributed by atoms with van der Waals surface area (Å²) in [5.41, 5.74) is -0.428. The predicted octanol–water partition coefficient (Wildman–Crippen LogP) is 5.71. The molecule has 0 aromatic heterocycles. The Kier molecular flexibility index (Phi) is 11.4. The zero-order chi connectivity index (χ0) is 27.7. The van der Waals surface area contributed by atoms with Crippen LogP contribution in [0.4, 0.5) is 9.18 Å². The molecule has 1 rings (SSSR count). The molecule has 0 saturated carbocycles. The molecular weight excluding hydrogens is 465 g/mol. The van der Waals surface area contributed by atoms with Crippen molar-refractivity contribution >= 4 is 18.0 Å². The van der Waals surface area contributed by atoms with Crippen molar-refractivity contribution in [1.82, 2.24) is 5.32 Å². The van der Waals surface area contributed by atoms with Crippen molar-refractivity contribution in [3.63, 3.8) is 0 Å². The first-order valence-corrected chi connectivity index (χ1v) is 12.5. The molecule has 0 bridgehead atoms. The lowest BCUT2D eigenvalue weighted by Crippen LogP contribution is -2.48. The van der Waals surface area contributed by atoms with Crippen LogP contribution in [-0.2, 0) is 36.6 Å². The molecule has 1 amide bonds. The van der Waals surface area contributed by atoms with Gasteiger partial charge in [0.2, 0.25) is 0 Å². The maximum Gasteiger partial charge on any atom is 0.408 e. The van der Waals surface area contributed by atoms with Gasteiger partial charge in [-0.05, 0) is 99.1 Å². The normalized spacial score (nSPS) is 13.9. The Morgan fingerprint density at radius 2 is 1.25 bits per heavy atom. The standard InChI is InChI=1S/C28H44FNO6/c1-26(2,3)34-23(31)21(17-20-14-12-19(13-15-20)11-10-16-29)18-22(24(32)35-27(4,5)6)30-25(33)36-28(7,8)9/h12-15,21-22H,10-11,16-18H2,1-9H3,(H,30,33)/t21?,22-/m1/s1. The summed E-state index contributed by atoms with van der Waals surface area (Å²) in [4.78, 5) is 38.7. The molecule has 0 fully saturated rings. The number of alkyl halides is 1. The minimum atomic E-state index is -1.12. The number of ether oxygens (including phenoxy) is 3. The van der Waals surface area contributed by atoms with Crippen LogP contribution < -0.4 is 5.32 Å². The van der Waals surface area contributed by atoms with Gasteiger partial charge in [-0.25, -0.2) is 9.59 Å². The third kappa shape index (κ3) is 13.4. The van der Waals surface area contributed by atoms with Gasteiger partial charge in [-0.1, -0.05) is 24.3 Å². The number of nitrogens with one attached hydrogen (secondary N) is 1. The van der Waals surface area contributed by atoms with E-state index in [4.69, 9.17) is 14.2 Å². The first-order chi connectivity index (χ1) is 16.4. The second kappa shape index (κ2) is 13.1. The van der Waals surface area contributed by atoms with Gasteiger partial charge in [0.25, 0.3) is 0 Å². The summed E-state index contributed by atoms with van der Waals surface area (Å²) >= 11 is 0. The second-order valence-electron chi connectivity index (χ2n) is 12.0. The van der Waals surface area contributed by atoms with Crippen LogP contribution in [0.15, 0.2) is 24.3 Å². The topological polar surface area (TPSA) is 90.9 Å². The van der Waals surface area contributed by atoms with Gasteiger partial charge < -0.3 is 19.5 Å². The van der Waals surface area contributed by atoms with Gasteiger partial charge >= 0.3 is 18.0 Å². The number of amides is 1. The molecule has 1 aromatic rings. The molecule has 7 nitrogen and oxygen atoms in total. The van der Waals surface area contributed by atoms with Gasteiger partial charge in [0, 0.05) is 0 Å². The molecule has 1 N–H and O–H groups in total. The second-order valence-corrected chi connectivity index (χ2v) is 12.0. The maximum atomic E-state index is 13.2. The third-order valence-corrected chi connectivity index (χ3v) is 4.75. The quantitative estimate of drug-likeness (QED) is 0.321. The Labute approximate surface area is 215 Å². The van der Waals surface area contributed by atoms with E-state index in [9.17, 15) is 18.8 Å². The Balaban J connectivity index is 3.21. The summed E-state index contributed by atoms with van der Waals surface area (Å²) in [7, 11) is 0. The number of alkyl carbamates (subject to hydrolysis) is 1. The van der Waals surface area contributed by atoms with E-state index in [0.29, 0.717) is 12.8 Å². The number of carbonyl (C=O) groups is 3. The molecule has 0 heterocycles. The lowest BCUT2D eigenvalue weighted by atomic mass is 9.91. The maximum absolute atomic E-state index is 13.2. The molecule has 0 radical (unpaired) electrons. The molecule has 0 aliphatic heterocycles. The zero-order valence-electron chi connectivity index (χ0n) is 23.3. The highest BCUT2D eigenvalue weighted by atomic mass is 19.1. The summed E-state index contributed by atoms with van der Waals surface area (Å²) in [6, 6.07) is 6.45. The Morgan fingerprint density at radius 1 is 0.778 bits per heavy atom. The average Bonchev–Trinajstić information content (AvgIpc) is 2.68. The highest BCUT2D eigenvalue weighted by molar-refractivity contribution is 5.83. The predicted molar refractivity (Wildman–Crippen MR) is 137 cm³/mol. The van der Waals surface area contributed by atoms with E-state index in [2.05, 4.69) is 5.32 Å². The molecule has 0 aliphatic carbocycles. The summed E-state index contributed by atoms with van der Waals surface area (Å²) in [5, 5.41) is 2.58. The molecular formula is C28H44FNO6. The van der Waals surface area contributed by atoms with Crippen LogP contribution >= 0.6 is 0 Å². The van der Waals surface area contributed by atoms with Crippen LogP contribution in [0.25, 0.3) is 0 Å². The smallest absolute Gasteiger partial charge is 0.408 e. The molecule has 1 aromatic carbocycles. The van der Waals surface area contributed by atoms with E-state index in [1.807, 2.05) is 24.3 Å². The van der Waals surface area contributed by atoms with Crippen LogP contribution in [0.2, 0.25) is 0 Å². The van der Waals surface area contributed by atoms with Crippen molar-refractivity contribution in [1.29, 1.82) is 0 Å². The van der Waals surface area contributed by atoms with Crippen LogP contribution in [0.1, 0.15) is 86.3 Å². The van der Waals surface area contributed by atoms with Gasteiger partial charge in [-0.3, -0.25) is 9.18 Å².